The summed E-state index contributed by atoms with van der Waals surface area (Å²) >= 11 is 11.6. The summed E-state index contributed by atoms with van der Waals surface area (Å²) < 4.78 is 43.6. The van der Waals surface area contributed by atoms with Gasteiger partial charge in [0.25, 0.3) is 5.91 Å². The molecule has 1 atom stereocenters. The molecule has 1 N–H and O–H groups in total. The van der Waals surface area contributed by atoms with Crippen LogP contribution in [0.1, 0.15) is 12.5 Å². The minimum Gasteiger partial charge on any atom is -0.481 e. The van der Waals surface area contributed by atoms with Crippen LogP contribution in [0.3, 0.4) is 0 Å². The highest BCUT2D eigenvalue weighted by atomic mass is 35.5. The minimum absolute atomic E-state index is 0.00805. The number of hydrogen-bond acceptors (Lipinski definition) is 2. The molecule has 2 aromatic rings. The lowest BCUT2D eigenvalue weighted by Gasteiger charge is -2.16. The Morgan fingerprint density at radius 2 is 1.88 bits per heavy atom. The number of hydrogen-bond donors (Lipinski definition) is 1. The van der Waals surface area contributed by atoms with Crippen LogP contribution in [0.4, 0.5) is 18.9 Å². The van der Waals surface area contributed by atoms with Crippen molar-refractivity contribution >= 4 is 34.8 Å². The smallest absolute Gasteiger partial charge is 0.416 e. The van der Waals surface area contributed by atoms with E-state index in [1.807, 2.05) is 0 Å². The standard InChI is InChI=1S/C16H12Cl2F3NO2/c1-9(24-12-4-2-3-11(17)8-12)15(23)22-14-7-10(16(19,20)21)5-6-13(14)18/h2-9H,1H3,(H,22,23)/t9-/m1/s1. The number of carbonyl (C=O) groups excluding carboxylic acids is 1. The number of benzene rings is 2. The quantitative estimate of drug-likeness (QED) is 0.772. The highest BCUT2D eigenvalue weighted by Crippen LogP contribution is 2.33. The Morgan fingerprint density at radius 3 is 2.50 bits per heavy atom. The molecule has 24 heavy (non-hydrogen) atoms. The highest BCUT2D eigenvalue weighted by Gasteiger charge is 2.31. The van der Waals surface area contributed by atoms with Crippen LogP contribution in [0.25, 0.3) is 0 Å². The van der Waals surface area contributed by atoms with Crippen molar-refractivity contribution < 1.29 is 22.7 Å². The molecule has 0 spiro atoms. The average Bonchev–Trinajstić information content (AvgIpc) is 2.48. The van der Waals surface area contributed by atoms with E-state index in [9.17, 15) is 18.0 Å². The van der Waals surface area contributed by atoms with Crippen LogP contribution in [-0.2, 0) is 11.0 Å². The lowest BCUT2D eigenvalue weighted by molar-refractivity contribution is -0.137. The SMILES string of the molecule is C[C@@H](Oc1cccc(Cl)c1)C(=O)Nc1cc(C(F)(F)F)ccc1Cl. The van der Waals surface area contributed by atoms with Crippen LogP contribution in [-0.4, -0.2) is 12.0 Å². The van der Waals surface area contributed by atoms with Gasteiger partial charge in [-0.25, -0.2) is 0 Å². The minimum atomic E-state index is -4.53. The molecule has 3 nitrogen and oxygen atoms in total. The molecule has 0 saturated heterocycles. The van der Waals surface area contributed by atoms with E-state index in [0.717, 1.165) is 18.2 Å². The van der Waals surface area contributed by atoms with Crippen molar-refractivity contribution in [3.8, 4) is 5.75 Å². The highest BCUT2D eigenvalue weighted by molar-refractivity contribution is 6.33. The number of carbonyl (C=O) groups is 1. The van der Waals surface area contributed by atoms with Crippen molar-refractivity contribution in [3.05, 3.63) is 58.1 Å². The fraction of sp³-hybridized carbons (Fsp3) is 0.188. The first-order valence-electron chi connectivity index (χ1n) is 6.76. The molecule has 0 heterocycles. The van der Waals surface area contributed by atoms with Gasteiger partial charge in [-0.15, -0.1) is 0 Å². The van der Waals surface area contributed by atoms with Crippen LogP contribution in [0.2, 0.25) is 10.0 Å². The van der Waals surface area contributed by atoms with Crippen molar-refractivity contribution in [3.63, 3.8) is 0 Å². The molecule has 0 aromatic heterocycles. The maximum Gasteiger partial charge on any atom is 0.416 e. The van der Waals surface area contributed by atoms with Gasteiger partial charge in [0.15, 0.2) is 6.10 Å². The second-order valence-corrected chi connectivity index (χ2v) is 5.74. The predicted octanol–water partition coefficient (Wildman–Crippen LogP) is 5.42. The van der Waals surface area contributed by atoms with E-state index in [4.69, 9.17) is 27.9 Å². The molecular formula is C16H12Cl2F3NO2. The zero-order valence-corrected chi connectivity index (χ0v) is 13.8. The average molecular weight is 378 g/mol. The summed E-state index contributed by atoms with van der Waals surface area (Å²) in [5.41, 5.74) is -1.05. The fourth-order valence-corrected chi connectivity index (χ4v) is 2.17. The third-order valence-corrected chi connectivity index (χ3v) is 3.59. The van der Waals surface area contributed by atoms with Gasteiger partial charge in [0.2, 0.25) is 0 Å². The van der Waals surface area contributed by atoms with Crippen LogP contribution < -0.4 is 10.1 Å². The van der Waals surface area contributed by atoms with Gasteiger partial charge in [-0.3, -0.25) is 4.79 Å². The molecule has 0 fully saturated rings. The van der Waals surface area contributed by atoms with E-state index >= 15 is 0 Å². The van der Waals surface area contributed by atoms with Crippen LogP contribution in [0.5, 0.6) is 5.75 Å². The number of ether oxygens (including phenoxy) is 1. The number of amides is 1. The molecule has 8 heteroatoms. The Labute approximate surface area is 146 Å². The van der Waals surface area contributed by atoms with Gasteiger partial charge >= 0.3 is 6.18 Å². The summed E-state index contributed by atoms with van der Waals surface area (Å²) in [5, 5.41) is 2.75. The molecule has 128 valence electrons. The number of alkyl halides is 3. The van der Waals surface area contributed by atoms with E-state index in [2.05, 4.69) is 5.32 Å². The molecule has 0 aliphatic rings. The molecule has 2 rings (SSSR count). The summed E-state index contributed by atoms with van der Waals surface area (Å²) in [6, 6.07) is 9.09. The molecule has 1 amide bonds. The molecule has 0 unspecified atom stereocenters. The van der Waals surface area contributed by atoms with Gasteiger partial charge < -0.3 is 10.1 Å². The van der Waals surface area contributed by atoms with Gasteiger partial charge in [0.1, 0.15) is 5.75 Å². The van der Waals surface area contributed by atoms with E-state index in [-0.39, 0.29) is 10.7 Å². The summed E-state index contributed by atoms with van der Waals surface area (Å²) in [4.78, 5) is 12.1. The number of rotatable bonds is 4. The molecule has 0 aliphatic carbocycles. The first-order valence-corrected chi connectivity index (χ1v) is 7.52. The number of anilines is 1. The van der Waals surface area contributed by atoms with Crippen molar-refractivity contribution in [2.45, 2.75) is 19.2 Å². The Morgan fingerprint density at radius 1 is 1.17 bits per heavy atom. The van der Waals surface area contributed by atoms with Crippen molar-refractivity contribution in [2.24, 2.45) is 0 Å². The Bertz CT molecular complexity index is 750. The fourth-order valence-electron chi connectivity index (χ4n) is 1.83. The van der Waals surface area contributed by atoms with Gasteiger partial charge in [-0.1, -0.05) is 29.3 Å². The third-order valence-electron chi connectivity index (χ3n) is 3.03. The van der Waals surface area contributed by atoms with Crippen LogP contribution in [0.15, 0.2) is 42.5 Å². The topological polar surface area (TPSA) is 38.3 Å². The Kier molecular flexibility index (Phi) is 5.62. The zero-order valence-electron chi connectivity index (χ0n) is 12.3. The molecule has 0 saturated carbocycles. The maximum atomic E-state index is 12.7. The van der Waals surface area contributed by atoms with Gasteiger partial charge in [0, 0.05) is 5.02 Å². The first-order chi connectivity index (χ1) is 11.2. The predicted molar refractivity (Wildman–Crippen MR) is 86.6 cm³/mol. The number of nitrogens with one attached hydrogen (secondary N) is 1. The second kappa shape index (κ2) is 7.32. The zero-order chi connectivity index (χ0) is 17.9. The largest absolute Gasteiger partial charge is 0.481 e. The third kappa shape index (κ3) is 4.79. The summed E-state index contributed by atoms with van der Waals surface area (Å²) in [6.07, 6.45) is -5.50. The molecule has 0 bridgehead atoms. The summed E-state index contributed by atoms with van der Waals surface area (Å²) in [5.74, 6) is -0.281. The van der Waals surface area contributed by atoms with Crippen molar-refractivity contribution in [1.82, 2.24) is 0 Å². The van der Waals surface area contributed by atoms with Gasteiger partial charge in [0.05, 0.1) is 16.3 Å². The van der Waals surface area contributed by atoms with Crippen LogP contribution >= 0.6 is 23.2 Å². The monoisotopic (exact) mass is 377 g/mol. The lowest BCUT2D eigenvalue weighted by atomic mass is 10.2. The molecule has 0 radical (unpaired) electrons. The first kappa shape index (κ1) is 18.4. The molecule has 0 aliphatic heterocycles. The summed E-state index contributed by atoms with van der Waals surface area (Å²) in [6.45, 7) is 1.46. The maximum absolute atomic E-state index is 12.7. The normalized spacial score (nSPS) is 12.6. The van der Waals surface area contributed by atoms with E-state index in [1.54, 1.807) is 18.2 Å². The lowest BCUT2D eigenvalue weighted by Crippen LogP contribution is -2.30. The van der Waals surface area contributed by atoms with Gasteiger partial charge in [-0.05, 0) is 43.3 Å². The van der Waals surface area contributed by atoms with E-state index in [1.165, 1.54) is 13.0 Å². The van der Waals surface area contributed by atoms with E-state index < -0.39 is 23.8 Å². The second-order valence-electron chi connectivity index (χ2n) is 4.90. The van der Waals surface area contributed by atoms with Crippen molar-refractivity contribution in [1.29, 1.82) is 0 Å². The molecule has 2 aromatic carbocycles. The molecular weight excluding hydrogens is 366 g/mol. The van der Waals surface area contributed by atoms with Gasteiger partial charge in [-0.2, -0.15) is 13.2 Å². The van der Waals surface area contributed by atoms with Crippen LogP contribution in [0, 0.1) is 0 Å². The Hall–Kier alpha value is -1.92. The Balaban J connectivity index is 2.11. The van der Waals surface area contributed by atoms with Crippen molar-refractivity contribution in [2.75, 3.05) is 5.32 Å². The van der Waals surface area contributed by atoms with E-state index in [0.29, 0.717) is 10.8 Å². The number of halogens is 5. The summed E-state index contributed by atoms with van der Waals surface area (Å²) in [7, 11) is 0.